The van der Waals surface area contributed by atoms with Crippen LogP contribution in [0.3, 0.4) is 0 Å². The molecule has 106 heavy (non-hydrogen) atoms. The average Bonchev–Trinajstić information content (AvgIpc) is 0.682. The van der Waals surface area contributed by atoms with Gasteiger partial charge in [-0.2, -0.15) is 16.8 Å². The summed E-state index contributed by atoms with van der Waals surface area (Å²) in [6, 6.07) is 11.9. The number of fused-ring (bicyclic) bond motifs is 18. The highest BCUT2D eigenvalue weighted by Gasteiger charge is 2.82. The van der Waals surface area contributed by atoms with E-state index >= 15 is 39.5 Å². The Balaban J connectivity index is 0.000000126. The van der Waals surface area contributed by atoms with Crippen LogP contribution < -0.4 is 0 Å². The Bertz CT molecular complexity index is 3750. The summed E-state index contributed by atoms with van der Waals surface area (Å²) in [5.74, 6) is -14.5. The highest BCUT2D eigenvalue weighted by molar-refractivity contribution is 7.87. The monoisotopic (exact) mass is 1550 g/mol. The van der Waals surface area contributed by atoms with Crippen molar-refractivity contribution in [3.63, 3.8) is 0 Å². The second-order valence-electron chi connectivity index (χ2n) is 37.7. The number of carbonyl (C=O) groups is 2. The van der Waals surface area contributed by atoms with E-state index in [1.807, 2.05) is 13.8 Å². The lowest BCUT2D eigenvalue weighted by Gasteiger charge is -2.68. The number of aryl methyl sites for hydroxylation is 2. The highest BCUT2D eigenvalue weighted by Crippen LogP contribution is 2.78. The molecule has 20 fully saturated rings. The van der Waals surface area contributed by atoms with E-state index in [2.05, 4.69) is 27.7 Å². The van der Waals surface area contributed by atoms with Crippen LogP contribution in [0.15, 0.2) is 58.3 Å². The maximum absolute atomic E-state index is 15.9. The first kappa shape index (κ1) is 80.4. The molecule has 0 radical (unpaired) electrons. The summed E-state index contributed by atoms with van der Waals surface area (Å²) in [6.07, 6.45) is 9.51. The van der Waals surface area contributed by atoms with Crippen LogP contribution in [0.5, 0.6) is 0 Å². The third-order valence-corrected chi connectivity index (χ3v) is 35.1. The second-order valence-corrected chi connectivity index (χ2v) is 40.8. The van der Waals surface area contributed by atoms with Gasteiger partial charge >= 0.3 is 11.9 Å². The first-order chi connectivity index (χ1) is 49.3. The largest absolute Gasteiger partial charge is 0.456 e. The summed E-state index contributed by atoms with van der Waals surface area (Å²) in [7, 11) is -8.68. The molecule has 2 aromatic rings. The molecule has 20 aliphatic rings. The molecule has 22 rings (SSSR count). The van der Waals surface area contributed by atoms with E-state index in [9.17, 15) is 39.6 Å². The van der Waals surface area contributed by atoms with Crippen LogP contribution in [0.2, 0.25) is 0 Å². The predicted molar refractivity (Wildman–Crippen MR) is 375 cm³/mol. The van der Waals surface area contributed by atoms with Crippen LogP contribution in [0.25, 0.3) is 0 Å². The van der Waals surface area contributed by atoms with Gasteiger partial charge in [-0.25, -0.2) is 52.7 Å². The number of esters is 2. The van der Waals surface area contributed by atoms with Crippen molar-refractivity contribution in [2.45, 2.75) is 367 Å². The first-order valence-corrected chi connectivity index (χ1v) is 42.6. The van der Waals surface area contributed by atoms with E-state index in [0.29, 0.717) is 30.1 Å². The van der Waals surface area contributed by atoms with Crippen molar-refractivity contribution in [3.8, 4) is 0 Å². The average molecular weight is 1550 g/mol. The number of halogens is 12. The smallest absolute Gasteiger partial charge is 0.303 e. The number of hydrogen-bond donors (Lipinski definition) is 0. The van der Waals surface area contributed by atoms with Crippen molar-refractivity contribution < 1.29 is 96.9 Å². The predicted octanol–water partition coefficient (Wildman–Crippen LogP) is 22.0. The normalized spacial score (nSPS) is 45.2. The molecule has 0 aromatic heterocycles. The Labute approximate surface area is 619 Å². The van der Waals surface area contributed by atoms with Gasteiger partial charge in [-0.15, -0.1) is 0 Å². The van der Waals surface area contributed by atoms with E-state index in [-0.39, 0.29) is 130 Å². The van der Waals surface area contributed by atoms with Gasteiger partial charge in [0.15, 0.2) is 12.3 Å². The van der Waals surface area contributed by atoms with E-state index in [4.69, 9.17) is 17.8 Å². The topological polar surface area (TPSA) is 139 Å². The minimum atomic E-state index is -4.34. The summed E-state index contributed by atoms with van der Waals surface area (Å²) in [6.45, 7) is 14.7. The third kappa shape index (κ3) is 12.4. The fraction of sp³-hybridized carbons (Fsp3) is 0.829. The lowest BCUT2D eigenvalue weighted by molar-refractivity contribution is -0.334. The molecular weight excluding hydrogens is 1440 g/mol. The molecule has 20 aliphatic carbocycles. The van der Waals surface area contributed by atoms with Crippen LogP contribution in [0.4, 0.5) is 52.7 Å². The van der Waals surface area contributed by atoms with Gasteiger partial charge in [0.05, 0.1) is 9.79 Å². The fourth-order valence-electron chi connectivity index (χ4n) is 25.1. The van der Waals surface area contributed by atoms with Crippen LogP contribution in [0, 0.1) is 80.8 Å². The Kier molecular flexibility index (Phi) is 20.5. The molecule has 0 amide bonds. The Hall–Kier alpha value is -3.64. The summed E-state index contributed by atoms with van der Waals surface area (Å²) in [5, 5.41) is 0. The SMILES string of the molecule is CC(=O)OC12CCC(C34CCC(C)(CC3)CC4)(CC1)C(F)(F)C2F.CC(=O)OC12CCC(C3CCC(C)CC3)(CC1)C(F)(F)C2F.Cc1ccc(S(=O)(=O)OC23CCC(C45CCC(C)(CC4)CC5)(CC2)C(F)(F)C3F)cc1.Cc1ccc(S(=O)(=O)OC23CCC(C4CCC(C)CC4)(CC2)C(F)(F)C3F)cc1. The molecule has 10 nitrogen and oxygen atoms in total. The minimum absolute atomic E-state index is 0.0148. The van der Waals surface area contributed by atoms with Gasteiger partial charge < -0.3 is 9.47 Å². The molecule has 2 aromatic carbocycles. The van der Waals surface area contributed by atoms with Crippen LogP contribution in [-0.4, -0.2) is 99.6 Å². The fourth-order valence-corrected chi connectivity index (χ4v) is 27.6. The molecule has 4 unspecified atom stereocenters. The van der Waals surface area contributed by atoms with Gasteiger partial charge in [0.1, 0.15) is 22.4 Å². The van der Waals surface area contributed by atoms with E-state index in [1.54, 1.807) is 24.3 Å². The minimum Gasteiger partial charge on any atom is -0.456 e. The third-order valence-electron chi connectivity index (χ3n) is 32.3. The zero-order valence-electron chi connectivity index (χ0n) is 63.1. The van der Waals surface area contributed by atoms with Gasteiger partial charge in [0, 0.05) is 35.5 Å². The number of rotatable bonds is 12. The first-order valence-electron chi connectivity index (χ1n) is 39.8. The molecule has 0 N–H and O–H groups in total. The number of alkyl halides is 12. The molecule has 24 heteroatoms. The van der Waals surface area contributed by atoms with Crippen LogP contribution in [0.1, 0.15) is 284 Å². The van der Waals surface area contributed by atoms with Crippen molar-refractivity contribution in [2.75, 3.05) is 0 Å². The summed E-state index contributed by atoms with van der Waals surface area (Å²) in [4.78, 5) is 22.3. The molecular formula is C82H112F12O10S2. The molecule has 0 aliphatic heterocycles. The van der Waals surface area contributed by atoms with Gasteiger partial charge in [0.2, 0.25) is 12.3 Å². The van der Waals surface area contributed by atoms with Gasteiger partial charge in [-0.1, -0.05) is 88.8 Å². The molecule has 4 atom stereocenters. The lowest BCUT2D eigenvalue weighted by Crippen LogP contribution is -2.73. The highest BCUT2D eigenvalue weighted by atomic mass is 32.2. The van der Waals surface area contributed by atoms with Crippen molar-refractivity contribution in [2.24, 2.45) is 67.0 Å². The maximum Gasteiger partial charge on any atom is 0.303 e. The van der Waals surface area contributed by atoms with Crippen LogP contribution in [-0.2, 0) is 47.7 Å². The Morgan fingerprint density at radius 1 is 0.349 bits per heavy atom. The zero-order chi connectivity index (χ0) is 77.0. The number of hydrogen-bond acceptors (Lipinski definition) is 10. The summed E-state index contributed by atoms with van der Waals surface area (Å²) < 4.78 is 256. The number of ether oxygens (including phenoxy) is 2. The molecule has 0 saturated heterocycles. The van der Waals surface area contributed by atoms with Crippen molar-refractivity contribution in [1.82, 2.24) is 0 Å². The standard InChI is InChI=1S/C24H31F3O3S.C22H29F3O3S.C19H27F3O2.C17H25F3O2/c1-17-3-5-18(6-4-17)31(28,29)30-22-13-15-23(16-14-22,24(26,27)19(22)25)21-10-7-20(2,8-11-21)9-12-21;1-15-3-7-17(8-4-15)20-11-13-21(14-12-20,19(23)22(20,24)25)28-29(26,27)18-9-5-16(2)6-10-18;1-13(23)24-17-9-11-18(12-10-17,19(21,22)14(17)20)16-6-3-15(2,4-7-16)5-8-16;1-11-3-5-13(6-4-11)15-7-9-16(10-8-15,22-12(2)21)14(18)17(15,19)20/h3-6,19H,7-16H2,1-2H3;5-6,9-10,15,17,19H,3-4,7-8,11-14H2,1-2H3;14H,3-12H2,1-2H3;11,13-14H,3-10H2,1-2H3. The Morgan fingerprint density at radius 2 is 0.594 bits per heavy atom. The van der Waals surface area contributed by atoms with Gasteiger partial charge in [-0.3, -0.25) is 18.0 Å². The lowest BCUT2D eigenvalue weighted by atomic mass is 9.38. The van der Waals surface area contributed by atoms with E-state index < -0.39 is 135 Å². The van der Waals surface area contributed by atoms with Gasteiger partial charge in [-0.05, 0) is 289 Å². The summed E-state index contributed by atoms with van der Waals surface area (Å²) >= 11 is 0. The number of benzene rings is 2. The molecule has 0 spiro atoms. The quantitative estimate of drug-likeness (QED) is 0.115. The zero-order valence-corrected chi connectivity index (χ0v) is 64.8. The summed E-state index contributed by atoms with van der Waals surface area (Å²) in [5.41, 5.74) is -11.1. The Morgan fingerprint density at radius 3 is 0.887 bits per heavy atom. The van der Waals surface area contributed by atoms with Gasteiger partial charge in [0.25, 0.3) is 43.9 Å². The van der Waals surface area contributed by atoms with E-state index in [1.165, 1.54) is 38.1 Å². The van der Waals surface area contributed by atoms with Crippen molar-refractivity contribution in [3.05, 3.63) is 59.7 Å². The maximum atomic E-state index is 15.9. The molecule has 0 heterocycles. The van der Waals surface area contributed by atoms with Crippen LogP contribution >= 0.6 is 0 Å². The van der Waals surface area contributed by atoms with Crippen molar-refractivity contribution in [1.29, 1.82) is 0 Å². The molecule has 596 valence electrons. The van der Waals surface area contributed by atoms with Crippen molar-refractivity contribution >= 4 is 32.2 Å². The second kappa shape index (κ2) is 27.0. The van der Waals surface area contributed by atoms with E-state index in [0.717, 1.165) is 127 Å². The molecule has 20 saturated carbocycles. The molecule has 12 bridgehead atoms. The number of carbonyl (C=O) groups excluding carboxylic acids is 2.